The van der Waals surface area contributed by atoms with E-state index in [-0.39, 0.29) is 12.5 Å². The van der Waals surface area contributed by atoms with Gasteiger partial charge < -0.3 is 15.4 Å². The molecular formula is C16H18N4O2S. The van der Waals surface area contributed by atoms with Crippen LogP contribution in [0.4, 0.5) is 11.4 Å². The molecule has 2 rings (SSSR count). The van der Waals surface area contributed by atoms with Crippen LogP contribution in [0, 0.1) is 0 Å². The fourth-order valence-electron chi connectivity index (χ4n) is 1.75. The first-order valence-electron chi connectivity index (χ1n) is 6.96. The van der Waals surface area contributed by atoms with Gasteiger partial charge in [0.1, 0.15) is 5.75 Å². The summed E-state index contributed by atoms with van der Waals surface area (Å²) in [6, 6.07) is 16.7. The minimum absolute atomic E-state index is 0.118. The van der Waals surface area contributed by atoms with Gasteiger partial charge in [-0.15, -0.1) is 0 Å². The third-order valence-corrected chi connectivity index (χ3v) is 3.09. The number of rotatable bonds is 5. The summed E-state index contributed by atoms with van der Waals surface area (Å²) in [6.07, 6.45) is 0. The van der Waals surface area contributed by atoms with Gasteiger partial charge in [-0.2, -0.15) is 0 Å². The number of methoxy groups -OCH3 is 1. The summed E-state index contributed by atoms with van der Waals surface area (Å²) in [5, 5.41) is 6.27. The number of hydrogen-bond donors (Lipinski definition) is 4. The van der Waals surface area contributed by atoms with Crippen LogP contribution >= 0.6 is 12.2 Å². The van der Waals surface area contributed by atoms with Gasteiger partial charge in [0.2, 0.25) is 0 Å². The lowest BCUT2D eigenvalue weighted by molar-refractivity contribution is -0.119. The monoisotopic (exact) mass is 330 g/mol. The number of para-hydroxylation sites is 1. The molecule has 0 aliphatic rings. The van der Waals surface area contributed by atoms with Crippen molar-refractivity contribution in [2.45, 2.75) is 0 Å². The number of ether oxygens (including phenoxy) is 1. The third kappa shape index (κ3) is 5.84. The number of anilines is 2. The van der Waals surface area contributed by atoms with E-state index in [0.717, 1.165) is 17.1 Å². The fourth-order valence-corrected chi connectivity index (χ4v) is 1.91. The van der Waals surface area contributed by atoms with Crippen molar-refractivity contribution < 1.29 is 9.53 Å². The van der Waals surface area contributed by atoms with Crippen LogP contribution in [0.2, 0.25) is 0 Å². The van der Waals surface area contributed by atoms with Crippen molar-refractivity contribution in [1.82, 2.24) is 10.9 Å². The smallest absolute Gasteiger partial charge is 0.257 e. The molecule has 0 saturated carbocycles. The molecule has 2 aromatic rings. The van der Waals surface area contributed by atoms with Gasteiger partial charge in [-0.05, 0) is 48.6 Å². The van der Waals surface area contributed by atoms with Crippen LogP contribution in [-0.2, 0) is 4.79 Å². The quantitative estimate of drug-likeness (QED) is 0.497. The van der Waals surface area contributed by atoms with E-state index in [9.17, 15) is 4.79 Å². The summed E-state index contributed by atoms with van der Waals surface area (Å²) in [6.45, 7) is 0.118. The Labute approximate surface area is 140 Å². The zero-order valence-electron chi connectivity index (χ0n) is 12.6. The Morgan fingerprint density at radius 1 is 1.00 bits per heavy atom. The highest BCUT2D eigenvalue weighted by atomic mass is 32.1. The van der Waals surface area contributed by atoms with E-state index in [1.54, 1.807) is 7.11 Å². The average molecular weight is 330 g/mol. The first-order chi connectivity index (χ1) is 11.2. The maximum Gasteiger partial charge on any atom is 0.257 e. The van der Waals surface area contributed by atoms with Crippen molar-refractivity contribution in [3.63, 3.8) is 0 Å². The van der Waals surface area contributed by atoms with E-state index >= 15 is 0 Å². The number of nitrogens with one attached hydrogen (secondary N) is 4. The minimum atomic E-state index is -0.238. The average Bonchev–Trinajstić information content (AvgIpc) is 2.59. The van der Waals surface area contributed by atoms with Crippen LogP contribution in [0.3, 0.4) is 0 Å². The van der Waals surface area contributed by atoms with Crippen molar-refractivity contribution in [3.8, 4) is 5.75 Å². The number of carbonyl (C=O) groups excluding carboxylic acids is 1. The molecule has 0 radical (unpaired) electrons. The largest absolute Gasteiger partial charge is 0.497 e. The zero-order chi connectivity index (χ0) is 16.5. The second kappa shape index (κ2) is 8.60. The molecule has 120 valence electrons. The Morgan fingerprint density at radius 3 is 2.35 bits per heavy atom. The van der Waals surface area contributed by atoms with Gasteiger partial charge in [-0.25, -0.2) is 0 Å². The van der Waals surface area contributed by atoms with E-state index in [1.807, 2.05) is 54.6 Å². The fraction of sp³-hybridized carbons (Fsp3) is 0.125. The summed E-state index contributed by atoms with van der Waals surface area (Å²) < 4.78 is 5.07. The van der Waals surface area contributed by atoms with Crippen LogP contribution in [0.25, 0.3) is 0 Å². The van der Waals surface area contributed by atoms with Crippen molar-refractivity contribution >= 4 is 34.6 Å². The number of carbonyl (C=O) groups is 1. The van der Waals surface area contributed by atoms with Gasteiger partial charge in [0.05, 0.1) is 13.7 Å². The molecule has 7 heteroatoms. The number of hydrogen-bond acceptors (Lipinski definition) is 4. The molecule has 0 heterocycles. The Bertz CT molecular complexity index is 647. The lowest BCUT2D eigenvalue weighted by atomic mass is 10.3. The molecule has 4 N–H and O–H groups in total. The van der Waals surface area contributed by atoms with E-state index in [2.05, 4.69) is 21.5 Å². The summed E-state index contributed by atoms with van der Waals surface area (Å²) >= 11 is 5.09. The lowest BCUT2D eigenvalue weighted by Crippen LogP contribution is -2.45. The van der Waals surface area contributed by atoms with Crippen molar-refractivity contribution in [1.29, 1.82) is 0 Å². The predicted molar refractivity (Wildman–Crippen MR) is 95.4 cm³/mol. The van der Waals surface area contributed by atoms with E-state index in [0.29, 0.717) is 5.11 Å². The Hall–Kier alpha value is -2.80. The van der Waals surface area contributed by atoms with Gasteiger partial charge in [-0.1, -0.05) is 18.2 Å². The van der Waals surface area contributed by atoms with Crippen LogP contribution in [0.5, 0.6) is 5.75 Å². The molecule has 0 bridgehead atoms. The molecule has 2 aromatic carbocycles. The van der Waals surface area contributed by atoms with Gasteiger partial charge in [0.25, 0.3) is 5.91 Å². The Balaban J connectivity index is 1.69. The van der Waals surface area contributed by atoms with Crippen LogP contribution in [0.15, 0.2) is 54.6 Å². The second-order valence-electron chi connectivity index (χ2n) is 4.58. The second-order valence-corrected chi connectivity index (χ2v) is 4.98. The standard InChI is InChI=1S/C16H18N4O2S/c1-22-14-9-7-12(8-10-14)17-11-15(21)19-20-16(23)18-13-5-3-2-4-6-13/h2-10,17H,11H2,1H3,(H,19,21)(H2,18,20,23). The van der Waals surface area contributed by atoms with Gasteiger partial charge in [0.15, 0.2) is 5.11 Å². The summed E-state index contributed by atoms with van der Waals surface area (Å²) in [7, 11) is 1.61. The molecule has 0 aromatic heterocycles. The molecule has 0 unspecified atom stereocenters. The van der Waals surface area contributed by atoms with Crippen molar-refractivity contribution in [2.75, 3.05) is 24.3 Å². The van der Waals surface area contributed by atoms with Crippen molar-refractivity contribution in [3.05, 3.63) is 54.6 Å². The van der Waals surface area contributed by atoms with E-state index in [1.165, 1.54) is 0 Å². The highest BCUT2D eigenvalue weighted by molar-refractivity contribution is 7.80. The predicted octanol–water partition coefficient (Wildman–Crippen LogP) is 2.12. The number of benzene rings is 2. The molecule has 0 aliphatic carbocycles. The molecule has 6 nitrogen and oxygen atoms in total. The Kier molecular flexibility index (Phi) is 6.19. The molecule has 0 saturated heterocycles. The maximum atomic E-state index is 11.7. The van der Waals surface area contributed by atoms with Gasteiger partial charge in [0, 0.05) is 11.4 Å². The first kappa shape index (κ1) is 16.6. The number of thiocarbonyl (C=S) groups is 1. The molecule has 1 amide bonds. The van der Waals surface area contributed by atoms with Crippen LogP contribution in [0.1, 0.15) is 0 Å². The Morgan fingerprint density at radius 2 is 1.70 bits per heavy atom. The molecule has 0 atom stereocenters. The summed E-state index contributed by atoms with van der Waals surface area (Å²) in [5.74, 6) is 0.525. The van der Waals surface area contributed by atoms with Crippen LogP contribution < -0.4 is 26.2 Å². The highest BCUT2D eigenvalue weighted by Gasteiger charge is 2.02. The highest BCUT2D eigenvalue weighted by Crippen LogP contribution is 2.14. The van der Waals surface area contributed by atoms with Gasteiger partial charge >= 0.3 is 0 Å². The SMILES string of the molecule is COc1ccc(NCC(=O)NNC(=S)Nc2ccccc2)cc1. The topological polar surface area (TPSA) is 74.4 Å². The lowest BCUT2D eigenvalue weighted by Gasteiger charge is -2.12. The molecule has 0 fully saturated rings. The number of hydrazine groups is 1. The molecular weight excluding hydrogens is 312 g/mol. The molecule has 0 spiro atoms. The zero-order valence-corrected chi connectivity index (χ0v) is 13.4. The minimum Gasteiger partial charge on any atom is -0.497 e. The number of amides is 1. The maximum absolute atomic E-state index is 11.7. The third-order valence-electron chi connectivity index (χ3n) is 2.89. The summed E-state index contributed by atoms with van der Waals surface area (Å²) in [4.78, 5) is 11.7. The van der Waals surface area contributed by atoms with Crippen LogP contribution in [-0.4, -0.2) is 24.7 Å². The van der Waals surface area contributed by atoms with Gasteiger partial charge in [-0.3, -0.25) is 15.6 Å². The molecule has 0 aliphatic heterocycles. The normalized spacial score (nSPS) is 9.61. The van der Waals surface area contributed by atoms with Crippen molar-refractivity contribution in [2.24, 2.45) is 0 Å². The molecule has 23 heavy (non-hydrogen) atoms. The first-order valence-corrected chi connectivity index (χ1v) is 7.37. The van der Waals surface area contributed by atoms with E-state index < -0.39 is 0 Å². The summed E-state index contributed by atoms with van der Waals surface area (Å²) in [5.41, 5.74) is 6.83. The van der Waals surface area contributed by atoms with E-state index in [4.69, 9.17) is 17.0 Å².